The number of rotatable bonds is 19. The van der Waals surface area contributed by atoms with E-state index in [1.54, 1.807) is 6.07 Å². The van der Waals surface area contributed by atoms with Gasteiger partial charge in [0.05, 0.1) is 38.2 Å². The number of aromatic nitrogens is 3. The summed E-state index contributed by atoms with van der Waals surface area (Å²) >= 11 is 12.0. The Hall–Kier alpha value is -5.35. The normalized spacial score (nSPS) is 17.2. The lowest BCUT2D eigenvalue weighted by Gasteiger charge is -2.34. The summed E-state index contributed by atoms with van der Waals surface area (Å²) in [5.74, 6) is 0.325. The van der Waals surface area contributed by atoms with Gasteiger partial charge in [-0.1, -0.05) is 97.0 Å². The van der Waals surface area contributed by atoms with Crippen LogP contribution >= 0.6 is 23.2 Å². The number of alkyl halides is 1. The molecular formula is C52H56BCl2FN8O4. The van der Waals surface area contributed by atoms with Gasteiger partial charge >= 0.3 is 0 Å². The Kier molecular flexibility index (Phi) is 16.0. The molecule has 1 saturated carbocycles. The van der Waals surface area contributed by atoms with Gasteiger partial charge < -0.3 is 24.1 Å². The number of piperazine rings is 1. The molecule has 1 N–H and O–H groups in total. The number of anilines is 2. The number of carbonyl (C=O) groups is 1. The average molecular weight is 958 g/mol. The first-order valence-electron chi connectivity index (χ1n) is 23.6. The van der Waals surface area contributed by atoms with Gasteiger partial charge in [0.25, 0.3) is 5.91 Å². The van der Waals surface area contributed by atoms with Gasteiger partial charge in [0.2, 0.25) is 5.95 Å². The van der Waals surface area contributed by atoms with E-state index in [0.717, 1.165) is 96.9 Å². The smallest absolute Gasteiger partial charge is 0.258 e. The van der Waals surface area contributed by atoms with Crippen LogP contribution in [0.15, 0.2) is 108 Å². The number of hydrogen-bond donors (Lipinski definition) is 1. The molecule has 68 heavy (non-hydrogen) atoms. The van der Waals surface area contributed by atoms with Gasteiger partial charge in [-0.05, 0) is 65.4 Å². The number of carbonyl (C=O) groups excluding carboxylic acids is 1. The summed E-state index contributed by atoms with van der Waals surface area (Å²) < 4.78 is 34.0. The minimum absolute atomic E-state index is 0.146. The third-order valence-electron chi connectivity index (χ3n) is 13.0. The van der Waals surface area contributed by atoms with Gasteiger partial charge in [0, 0.05) is 85.8 Å². The fourth-order valence-corrected chi connectivity index (χ4v) is 9.71. The summed E-state index contributed by atoms with van der Waals surface area (Å²) in [4.78, 5) is 27.2. The van der Waals surface area contributed by atoms with Gasteiger partial charge in [0.15, 0.2) is 0 Å². The van der Waals surface area contributed by atoms with Crippen molar-refractivity contribution < 1.29 is 23.4 Å². The molecule has 4 heterocycles. The highest BCUT2D eigenvalue weighted by Crippen LogP contribution is 2.38. The van der Waals surface area contributed by atoms with Crippen LogP contribution in [0.4, 0.5) is 16.0 Å². The van der Waals surface area contributed by atoms with Crippen LogP contribution < -0.4 is 15.5 Å². The lowest BCUT2D eigenvalue weighted by atomic mass is 9.93. The van der Waals surface area contributed by atoms with Crippen molar-refractivity contribution in [3.05, 3.63) is 131 Å². The zero-order valence-corrected chi connectivity index (χ0v) is 39.7. The first-order valence-corrected chi connectivity index (χ1v) is 24.5. The summed E-state index contributed by atoms with van der Waals surface area (Å²) in [5.41, 5.74) is 8.30. The number of nitrogens with zero attached hydrogens (tertiary/aromatic N) is 7. The maximum atomic E-state index is 14.1. The average Bonchev–Trinajstić information content (AvgIpc) is 3.97. The summed E-state index contributed by atoms with van der Waals surface area (Å²) in [6.07, 6.45) is 10.6. The molecule has 2 aromatic heterocycles. The Bertz CT molecular complexity index is 2640. The van der Waals surface area contributed by atoms with Crippen LogP contribution in [-0.2, 0) is 20.8 Å². The van der Waals surface area contributed by atoms with Gasteiger partial charge in [0.1, 0.15) is 37.5 Å². The predicted octanol–water partition coefficient (Wildman–Crippen LogP) is 9.08. The number of hydrazone groups is 1. The van der Waals surface area contributed by atoms with Crippen molar-refractivity contribution in [3.8, 4) is 16.9 Å². The molecule has 16 heteroatoms. The first kappa shape index (κ1) is 47.7. The van der Waals surface area contributed by atoms with Crippen molar-refractivity contribution in [2.75, 3.05) is 77.0 Å². The number of hydrogen-bond acceptors (Lipinski definition) is 10. The molecule has 2 fully saturated rings. The maximum Gasteiger partial charge on any atom is 0.258 e. The minimum atomic E-state index is -0.416. The van der Waals surface area contributed by atoms with Gasteiger partial charge in [-0.15, -0.1) is 11.6 Å². The van der Waals surface area contributed by atoms with E-state index in [1.807, 2.05) is 54.7 Å². The second-order valence-electron chi connectivity index (χ2n) is 17.7. The highest BCUT2D eigenvalue weighted by Gasteiger charge is 2.33. The second-order valence-corrected chi connectivity index (χ2v) is 18.4. The largest absolute Gasteiger partial charge is 0.491 e. The van der Waals surface area contributed by atoms with E-state index in [4.69, 9.17) is 50.2 Å². The minimum Gasteiger partial charge on any atom is -0.491 e. The second kappa shape index (κ2) is 22.8. The van der Waals surface area contributed by atoms with E-state index in [2.05, 4.69) is 60.2 Å². The zero-order valence-electron chi connectivity index (χ0n) is 38.2. The fourth-order valence-electron chi connectivity index (χ4n) is 9.36. The molecule has 2 radical (unpaired) electrons. The van der Waals surface area contributed by atoms with Crippen molar-refractivity contribution in [2.45, 2.75) is 57.2 Å². The summed E-state index contributed by atoms with van der Waals surface area (Å²) in [6.45, 7) is 8.37. The van der Waals surface area contributed by atoms with Crippen LogP contribution in [0.1, 0.15) is 67.3 Å². The van der Waals surface area contributed by atoms with E-state index in [1.165, 1.54) is 42.0 Å². The molecule has 1 unspecified atom stereocenters. The van der Waals surface area contributed by atoms with Crippen LogP contribution in [0.25, 0.3) is 22.2 Å². The Morgan fingerprint density at radius 3 is 2.26 bits per heavy atom. The quantitative estimate of drug-likeness (QED) is 0.0484. The number of benzene rings is 4. The molecule has 352 valence electrons. The van der Waals surface area contributed by atoms with E-state index in [9.17, 15) is 9.18 Å². The number of fused-ring (bicyclic) bond motifs is 1. The van der Waals surface area contributed by atoms with Crippen LogP contribution in [-0.4, -0.2) is 120 Å². The van der Waals surface area contributed by atoms with E-state index in [-0.39, 0.29) is 17.8 Å². The van der Waals surface area contributed by atoms with E-state index in [0.29, 0.717) is 67.6 Å². The number of ether oxygens (including phenoxy) is 3. The molecule has 12 nitrogen and oxygen atoms in total. The Morgan fingerprint density at radius 1 is 0.824 bits per heavy atom. The van der Waals surface area contributed by atoms with Gasteiger partial charge in [-0.3, -0.25) is 14.6 Å². The van der Waals surface area contributed by atoms with Crippen molar-refractivity contribution in [1.29, 1.82) is 0 Å². The zero-order chi connectivity index (χ0) is 46.8. The van der Waals surface area contributed by atoms with Crippen LogP contribution in [0.3, 0.4) is 0 Å². The van der Waals surface area contributed by atoms with Crippen molar-refractivity contribution >= 4 is 70.8 Å². The molecule has 6 aromatic rings. The van der Waals surface area contributed by atoms with Crippen molar-refractivity contribution in [2.24, 2.45) is 5.10 Å². The SMILES string of the molecule is [B]c1ccc(C2=NN(C(=O)CCl)C(c3ccc(OCCOCCOCCN4CCN(Cc5ccc(-c6cn(C7CCCCC7)c7nc(Nc8cc(F)cc(Cl)c8)ncc67)cc5)CC4)cc3)C2)cc1. The van der Waals surface area contributed by atoms with Crippen LogP contribution in [0, 0.1) is 5.82 Å². The van der Waals surface area contributed by atoms with E-state index < -0.39 is 5.82 Å². The lowest BCUT2D eigenvalue weighted by Crippen LogP contribution is -2.46. The number of amides is 1. The van der Waals surface area contributed by atoms with Crippen molar-refractivity contribution in [1.82, 2.24) is 29.3 Å². The Labute approximate surface area is 408 Å². The highest BCUT2D eigenvalue weighted by atomic mass is 35.5. The molecule has 0 bridgehead atoms. The van der Waals surface area contributed by atoms with Crippen LogP contribution in [0.5, 0.6) is 5.75 Å². The Morgan fingerprint density at radius 2 is 1.53 bits per heavy atom. The lowest BCUT2D eigenvalue weighted by molar-refractivity contribution is -0.130. The highest BCUT2D eigenvalue weighted by molar-refractivity contribution is 6.32. The van der Waals surface area contributed by atoms with Gasteiger partial charge in [-0.2, -0.15) is 10.1 Å². The third kappa shape index (κ3) is 12.1. The fraction of sp³-hybridized carbons (Fsp3) is 0.385. The molecule has 4 aromatic carbocycles. The predicted molar refractivity (Wildman–Crippen MR) is 268 cm³/mol. The molecule has 1 amide bonds. The summed E-state index contributed by atoms with van der Waals surface area (Å²) in [6, 6.07) is 28.6. The van der Waals surface area contributed by atoms with Crippen molar-refractivity contribution in [3.63, 3.8) is 0 Å². The Balaban J connectivity index is 0.670. The third-order valence-corrected chi connectivity index (χ3v) is 13.5. The first-order chi connectivity index (χ1) is 33.3. The van der Waals surface area contributed by atoms with Crippen LogP contribution in [0.2, 0.25) is 5.02 Å². The maximum absolute atomic E-state index is 14.1. The topological polar surface area (TPSA) is 110 Å². The summed E-state index contributed by atoms with van der Waals surface area (Å²) in [5, 5.41) is 10.6. The van der Waals surface area contributed by atoms with Gasteiger partial charge in [-0.25, -0.2) is 14.4 Å². The van der Waals surface area contributed by atoms with E-state index >= 15 is 0 Å². The number of nitrogens with one attached hydrogen (secondary N) is 1. The molecule has 0 spiro atoms. The molecule has 2 aliphatic heterocycles. The molecule has 9 rings (SSSR count). The standard InChI is InChI=1S/C52H56BCl2FN8O4/c53-40-14-10-38(11-15-40)48-31-49(64(60-48)50(65)32-54)39-12-16-45(17-13-39)68-27-26-67-25-24-66-23-22-61-18-20-62(21-19-61)34-36-6-8-37(9-7-36)47-35-63(44-4-2-1-3-5-44)51-46(47)33-57-52(59-51)58-43-29-41(55)28-42(56)30-43/h6-17,28-30,33,35,44,49H,1-5,18-27,31-32,34H2,(H,57,58,59). The molecule has 1 aliphatic carbocycles. The molecular weight excluding hydrogens is 901 g/mol. The number of halogens is 3. The molecule has 1 atom stereocenters. The monoisotopic (exact) mass is 956 g/mol. The molecule has 3 aliphatic rings. The summed E-state index contributed by atoms with van der Waals surface area (Å²) in [7, 11) is 5.86. The molecule has 1 saturated heterocycles.